The van der Waals surface area contributed by atoms with E-state index in [0.29, 0.717) is 0 Å². The molecule has 0 aliphatic rings. The van der Waals surface area contributed by atoms with Gasteiger partial charge in [-0.1, -0.05) is 97.1 Å². The molecular weight excluding hydrogens is 687 g/mol. The van der Waals surface area contributed by atoms with Crippen LogP contribution in [0.1, 0.15) is 13.8 Å². The molecule has 2 heterocycles. The molecule has 1 radical (unpaired) electrons. The van der Waals surface area contributed by atoms with E-state index in [1.807, 2.05) is 60.7 Å². The van der Waals surface area contributed by atoms with E-state index >= 15 is 0 Å². The molecule has 0 aliphatic carbocycles. The minimum absolute atomic E-state index is 0. The maximum Gasteiger partial charge on any atom is 0.155 e. The van der Waals surface area contributed by atoms with Gasteiger partial charge in [-0.25, -0.2) is 0 Å². The van der Waals surface area contributed by atoms with Gasteiger partial charge in [0.25, 0.3) is 0 Å². The van der Waals surface area contributed by atoms with Gasteiger partial charge in [0.1, 0.15) is 11.3 Å². The molecule has 4 nitrogen and oxygen atoms in total. The van der Waals surface area contributed by atoms with Crippen LogP contribution in [-0.2, 0) is 24.9 Å². The first-order valence-electron chi connectivity index (χ1n) is 13.0. The molecule has 205 valence electrons. The molecule has 2 aromatic heterocycles. The van der Waals surface area contributed by atoms with Crippen molar-refractivity contribution in [3.8, 4) is 44.8 Å². The molecule has 0 atom stereocenters. The maximum absolute atomic E-state index is 10.0. The third kappa shape index (κ3) is 7.15. The summed E-state index contributed by atoms with van der Waals surface area (Å²) in [5.41, 5.74) is 8.91. The second kappa shape index (κ2) is 13.7. The third-order valence-electron chi connectivity index (χ3n) is 6.23. The molecule has 0 saturated carbocycles. The fraction of sp³-hybridized carbons (Fsp3) is 0.0556. The number of aliphatic hydroxyl groups is 1. The fourth-order valence-corrected chi connectivity index (χ4v) is 4.51. The standard InChI is InChI=1S/C31H20NO.C5H8O2.Ir/c1-4-11-22(12-5-1)25-17-10-18-26(21-25)27-19-20-28-30(32-27)29(23-13-6-2-7-14-23)31(33-28)24-15-8-3-9-16-24;1-4(6)3-5(2)7;/h1-17,19-21H;3,6H,1-2H3;/q-1;;/b;4-3-;. The zero-order chi connectivity index (χ0) is 27.9. The Morgan fingerprint density at radius 3 is 1.90 bits per heavy atom. The van der Waals surface area contributed by atoms with Crippen molar-refractivity contribution < 1.29 is 34.4 Å². The van der Waals surface area contributed by atoms with E-state index in [9.17, 15) is 4.79 Å². The molecule has 0 amide bonds. The molecule has 41 heavy (non-hydrogen) atoms. The van der Waals surface area contributed by atoms with E-state index in [2.05, 4.69) is 66.7 Å². The predicted molar refractivity (Wildman–Crippen MR) is 162 cm³/mol. The Morgan fingerprint density at radius 1 is 0.756 bits per heavy atom. The minimum Gasteiger partial charge on any atom is -0.512 e. The van der Waals surface area contributed by atoms with Gasteiger partial charge < -0.3 is 9.52 Å². The summed E-state index contributed by atoms with van der Waals surface area (Å²) in [6, 6.07) is 44.5. The number of aliphatic hydroxyl groups excluding tert-OH is 1. The average Bonchev–Trinajstić information content (AvgIpc) is 3.37. The summed E-state index contributed by atoms with van der Waals surface area (Å²) in [6.07, 6.45) is 1.17. The van der Waals surface area contributed by atoms with Crippen LogP contribution in [0.2, 0.25) is 0 Å². The molecule has 6 rings (SSSR count). The van der Waals surface area contributed by atoms with Crippen molar-refractivity contribution in [2.45, 2.75) is 13.8 Å². The molecule has 6 aromatic rings. The smallest absolute Gasteiger partial charge is 0.155 e. The molecule has 4 aromatic carbocycles. The summed E-state index contributed by atoms with van der Waals surface area (Å²) >= 11 is 0. The number of furan rings is 1. The van der Waals surface area contributed by atoms with Crippen molar-refractivity contribution in [2.75, 3.05) is 0 Å². The number of allylic oxidation sites excluding steroid dienone is 2. The second-order valence-electron chi connectivity index (χ2n) is 9.33. The third-order valence-corrected chi connectivity index (χ3v) is 6.23. The van der Waals surface area contributed by atoms with Gasteiger partial charge in [0, 0.05) is 31.7 Å². The van der Waals surface area contributed by atoms with E-state index in [4.69, 9.17) is 14.5 Å². The van der Waals surface area contributed by atoms with Crippen LogP contribution in [0.15, 0.2) is 138 Å². The zero-order valence-electron chi connectivity index (χ0n) is 22.7. The van der Waals surface area contributed by atoms with Gasteiger partial charge in [-0.3, -0.25) is 9.78 Å². The Labute approximate surface area is 253 Å². The monoisotopic (exact) mass is 715 g/mol. The number of aromatic nitrogens is 1. The van der Waals surface area contributed by atoms with Crippen LogP contribution in [-0.4, -0.2) is 15.9 Å². The van der Waals surface area contributed by atoms with E-state index in [1.165, 1.54) is 25.5 Å². The van der Waals surface area contributed by atoms with Crippen LogP contribution in [0.3, 0.4) is 0 Å². The van der Waals surface area contributed by atoms with E-state index < -0.39 is 0 Å². The number of hydrogen-bond acceptors (Lipinski definition) is 4. The van der Waals surface area contributed by atoms with Gasteiger partial charge in [0.05, 0.1) is 11.3 Å². The van der Waals surface area contributed by atoms with Crippen molar-refractivity contribution in [2.24, 2.45) is 0 Å². The first-order chi connectivity index (χ1) is 19.5. The van der Waals surface area contributed by atoms with Crippen LogP contribution < -0.4 is 0 Å². The van der Waals surface area contributed by atoms with Gasteiger partial charge in [0.15, 0.2) is 11.4 Å². The average molecular weight is 715 g/mol. The minimum atomic E-state index is -0.125. The molecule has 0 fully saturated rings. The molecule has 5 heteroatoms. The number of hydrogen-bond donors (Lipinski definition) is 1. The van der Waals surface area contributed by atoms with Crippen molar-refractivity contribution in [1.29, 1.82) is 0 Å². The second-order valence-corrected chi connectivity index (χ2v) is 9.33. The number of pyridine rings is 1. The van der Waals surface area contributed by atoms with Crippen LogP contribution in [0.5, 0.6) is 0 Å². The Kier molecular flexibility index (Phi) is 9.81. The van der Waals surface area contributed by atoms with Crippen LogP contribution in [0.4, 0.5) is 0 Å². The molecule has 0 saturated heterocycles. The number of carbonyl (C=O) groups excluding carboxylic acids is 1. The van der Waals surface area contributed by atoms with Gasteiger partial charge in [-0.05, 0) is 36.7 Å². The molecule has 0 unspecified atom stereocenters. The van der Waals surface area contributed by atoms with E-state index in [-0.39, 0.29) is 31.6 Å². The van der Waals surface area contributed by atoms with Crippen molar-refractivity contribution in [3.63, 3.8) is 0 Å². The summed E-state index contributed by atoms with van der Waals surface area (Å²) in [7, 11) is 0. The summed E-state index contributed by atoms with van der Waals surface area (Å²) in [5, 5.41) is 8.36. The SMILES string of the molecule is CC(=O)/C=C(/C)O.[Ir].[c-]1ccc(-c2ccccc2)cc1-c1ccc2oc(-c3ccccc3)c(-c3ccccc3)c2n1. The molecule has 0 aliphatic heterocycles. The van der Waals surface area contributed by atoms with Crippen molar-refractivity contribution in [1.82, 2.24) is 4.98 Å². The van der Waals surface area contributed by atoms with Crippen LogP contribution in [0.25, 0.3) is 55.9 Å². The first-order valence-corrected chi connectivity index (χ1v) is 13.0. The molecular formula is C36H28IrNO3-. The summed E-state index contributed by atoms with van der Waals surface area (Å²) in [5.74, 6) is 0.774. The number of nitrogens with zero attached hydrogens (tertiary/aromatic N) is 1. The Bertz CT molecular complexity index is 1770. The van der Waals surface area contributed by atoms with Gasteiger partial charge in [0.2, 0.25) is 0 Å². The number of carbonyl (C=O) groups is 1. The Hall–Kier alpha value is -4.57. The van der Waals surface area contributed by atoms with Crippen LogP contribution in [0, 0.1) is 6.07 Å². The number of benzene rings is 4. The van der Waals surface area contributed by atoms with Crippen molar-refractivity contribution >= 4 is 16.9 Å². The largest absolute Gasteiger partial charge is 0.512 e. The summed E-state index contributed by atoms with van der Waals surface area (Å²) in [4.78, 5) is 15.1. The predicted octanol–water partition coefficient (Wildman–Crippen LogP) is 9.33. The van der Waals surface area contributed by atoms with Gasteiger partial charge in [-0.15, -0.1) is 35.4 Å². The topological polar surface area (TPSA) is 63.3 Å². The number of rotatable bonds is 5. The fourth-order valence-electron chi connectivity index (χ4n) is 4.51. The zero-order valence-corrected chi connectivity index (χ0v) is 25.1. The van der Waals surface area contributed by atoms with Gasteiger partial charge >= 0.3 is 0 Å². The number of ketones is 1. The van der Waals surface area contributed by atoms with Crippen molar-refractivity contribution in [3.05, 3.63) is 139 Å². The van der Waals surface area contributed by atoms with Crippen LogP contribution >= 0.6 is 0 Å². The Balaban J connectivity index is 0.000000434. The molecule has 0 bridgehead atoms. The van der Waals surface area contributed by atoms with E-state index in [1.54, 1.807) is 0 Å². The number of fused-ring (bicyclic) bond motifs is 1. The molecule has 1 N–H and O–H groups in total. The van der Waals surface area contributed by atoms with E-state index in [0.717, 1.165) is 50.4 Å². The normalized spacial score (nSPS) is 10.8. The molecule has 0 spiro atoms. The summed E-state index contributed by atoms with van der Waals surface area (Å²) in [6.45, 7) is 2.85. The Morgan fingerprint density at radius 2 is 1.34 bits per heavy atom. The maximum atomic E-state index is 10.0. The van der Waals surface area contributed by atoms with Gasteiger partial charge in [-0.2, -0.15) is 0 Å². The quantitative estimate of drug-likeness (QED) is 0.110. The first kappa shape index (κ1) is 29.4. The summed E-state index contributed by atoms with van der Waals surface area (Å²) < 4.78 is 6.35.